The smallest absolute Gasteiger partial charge is 0.251 e. The summed E-state index contributed by atoms with van der Waals surface area (Å²) < 4.78 is 18.5. The van der Waals surface area contributed by atoms with Gasteiger partial charge >= 0.3 is 0 Å². The van der Waals surface area contributed by atoms with Crippen LogP contribution >= 0.6 is 11.8 Å². The summed E-state index contributed by atoms with van der Waals surface area (Å²) in [6.07, 6.45) is 2.03. The molecule has 0 spiro atoms. The molecule has 0 aliphatic carbocycles. The molecule has 4 aromatic rings. The Balaban J connectivity index is 1.45. The molecule has 0 fully saturated rings. The number of anilines is 1. The Morgan fingerprint density at radius 1 is 0.905 bits per heavy atom. The SMILES string of the molecule is CCCCOc1ccc(C(=O)NCc2nnc(SCC(=O)Nc3ccc(OCC)cc3)n2-c2ccccc2OC)cc1. The van der Waals surface area contributed by atoms with E-state index in [1.807, 2.05) is 31.2 Å². The summed E-state index contributed by atoms with van der Waals surface area (Å²) in [6.45, 7) is 5.35. The van der Waals surface area contributed by atoms with Gasteiger partial charge in [-0.25, -0.2) is 0 Å². The van der Waals surface area contributed by atoms with Gasteiger partial charge in [0.1, 0.15) is 17.2 Å². The minimum absolute atomic E-state index is 0.0968. The van der Waals surface area contributed by atoms with Crippen LogP contribution in [0.1, 0.15) is 42.9 Å². The molecule has 1 heterocycles. The Morgan fingerprint density at radius 2 is 1.62 bits per heavy atom. The molecule has 0 aliphatic rings. The van der Waals surface area contributed by atoms with Crippen LogP contribution in [0.25, 0.3) is 5.69 Å². The molecule has 10 nitrogen and oxygen atoms in total. The predicted octanol–water partition coefficient (Wildman–Crippen LogP) is 5.51. The fourth-order valence-electron chi connectivity index (χ4n) is 3.99. The number of rotatable bonds is 15. The minimum atomic E-state index is -0.256. The van der Waals surface area contributed by atoms with E-state index in [9.17, 15) is 9.59 Å². The number of ether oxygens (including phenoxy) is 3. The lowest BCUT2D eigenvalue weighted by atomic mass is 10.2. The quantitative estimate of drug-likeness (QED) is 0.138. The number of amides is 2. The number of thioether (sulfide) groups is 1. The van der Waals surface area contributed by atoms with E-state index in [2.05, 4.69) is 27.8 Å². The zero-order valence-electron chi connectivity index (χ0n) is 24.0. The van der Waals surface area contributed by atoms with Crippen LogP contribution in [0.5, 0.6) is 17.2 Å². The van der Waals surface area contributed by atoms with E-state index >= 15 is 0 Å². The Labute approximate surface area is 249 Å². The Hall–Kier alpha value is -4.51. The molecule has 0 aliphatic heterocycles. The zero-order chi connectivity index (χ0) is 29.7. The average molecular weight is 590 g/mol. The van der Waals surface area contributed by atoms with Gasteiger partial charge in [0.2, 0.25) is 5.91 Å². The number of hydrogen-bond acceptors (Lipinski definition) is 8. The van der Waals surface area contributed by atoms with E-state index in [0.717, 1.165) is 24.3 Å². The molecule has 0 bridgehead atoms. The highest BCUT2D eigenvalue weighted by Gasteiger charge is 2.19. The number of nitrogens with one attached hydrogen (secondary N) is 2. The van der Waals surface area contributed by atoms with Crippen LogP contribution in [0.2, 0.25) is 0 Å². The molecule has 0 atom stereocenters. The second-order valence-electron chi connectivity index (χ2n) is 9.11. The lowest BCUT2D eigenvalue weighted by Crippen LogP contribution is -2.24. The molecule has 1 aromatic heterocycles. The largest absolute Gasteiger partial charge is 0.495 e. The zero-order valence-corrected chi connectivity index (χ0v) is 24.8. The van der Waals surface area contributed by atoms with Crippen molar-refractivity contribution in [1.82, 2.24) is 20.1 Å². The van der Waals surface area contributed by atoms with Crippen LogP contribution in [0.3, 0.4) is 0 Å². The standard InChI is InChI=1S/C31H35N5O5S/c1-4-6-19-41-25-15-11-22(12-16-25)30(38)32-20-28-34-35-31(36(28)26-9-7-8-10-27(26)39-3)42-21-29(37)33-23-13-17-24(18-14-23)40-5-2/h7-18H,4-6,19-21H2,1-3H3,(H,32,38)(H,33,37). The van der Waals surface area contributed by atoms with Gasteiger partial charge in [-0.2, -0.15) is 0 Å². The van der Waals surface area contributed by atoms with Crippen molar-refractivity contribution in [2.75, 3.05) is 31.4 Å². The van der Waals surface area contributed by atoms with Gasteiger partial charge in [0.05, 0.1) is 38.3 Å². The number of hydrogen-bond donors (Lipinski definition) is 2. The third-order valence-corrected chi connectivity index (χ3v) is 7.03. The molecule has 0 saturated heterocycles. The third kappa shape index (κ3) is 8.26. The predicted molar refractivity (Wildman–Crippen MR) is 163 cm³/mol. The molecule has 2 N–H and O–H groups in total. The summed E-state index contributed by atoms with van der Waals surface area (Å²) in [5.41, 5.74) is 1.86. The van der Waals surface area contributed by atoms with Gasteiger partial charge in [0.25, 0.3) is 5.91 Å². The molecular formula is C31H35N5O5S. The molecule has 0 radical (unpaired) electrons. The van der Waals surface area contributed by atoms with Crippen molar-refractivity contribution in [1.29, 1.82) is 0 Å². The van der Waals surface area contributed by atoms with E-state index < -0.39 is 0 Å². The summed E-state index contributed by atoms with van der Waals surface area (Å²) in [6, 6.07) is 21.7. The molecule has 2 amide bonds. The Kier molecular flexibility index (Phi) is 11.2. The van der Waals surface area contributed by atoms with Crippen molar-refractivity contribution in [3.05, 3.63) is 84.2 Å². The average Bonchev–Trinajstić information content (AvgIpc) is 3.43. The lowest BCUT2D eigenvalue weighted by molar-refractivity contribution is -0.113. The first kappa shape index (κ1) is 30.4. The first-order valence-electron chi connectivity index (χ1n) is 13.8. The van der Waals surface area contributed by atoms with Gasteiger partial charge in [-0.05, 0) is 74.0 Å². The van der Waals surface area contributed by atoms with Crippen molar-refractivity contribution in [2.24, 2.45) is 0 Å². The molecule has 4 rings (SSSR count). The molecule has 11 heteroatoms. The highest BCUT2D eigenvalue weighted by atomic mass is 32.2. The maximum Gasteiger partial charge on any atom is 0.251 e. The highest BCUT2D eigenvalue weighted by Crippen LogP contribution is 2.29. The summed E-state index contributed by atoms with van der Waals surface area (Å²) >= 11 is 1.23. The number of methoxy groups -OCH3 is 1. The minimum Gasteiger partial charge on any atom is -0.495 e. The van der Waals surface area contributed by atoms with E-state index in [4.69, 9.17) is 14.2 Å². The summed E-state index contributed by atoms with van der Waals surface area (Å²) in [5, 5.41) is 15.0. The van der Waals surface area contributed by atoms with Crippen molar-refractivity contribution in [2.45, 2.75) is 38.4 Å². The van der Waals surface area contributed by atoms with Crippen LogP contribution in [-0.4, -0.2) is 52.7 Å². The van der Waals surface area contributed by atoms with Gasteiger partial charge in [0, 0.05) is 11.3 Å². The van der Waals surface area contributed by atoms with Crippen molar-refractivity contribution < 1.29 is 23.8 Å². The number of unbranched alkanes of at least 4 members (excludes halogenated alkanes) is 1. The number of carbonyl (C=O) groups is 2. The molecular weight excluding hydrogens is 554 g/mol. The van der Waals surface area contributed by atoms with Gasteiger partial charge in [-0.3, -0.25) is 14.2 Å². The number of aromatic nitrogens is 3. The molecule has 42 heavy (non-hydrogen) atoms. The highest BCUT2D eigenvalue weighted by molar-refractivity contribution is 7.99. The van der Waals surface area contributed by atoms with Gasteiger partial charge < -0.3 is 24.8 Å². The third-order valence-electron chi connectivity index (χ3n) is 6.10. The number of para-hydroxylation sites is 2. The Morgan fingerprint density at radius 3 is 2.33 bits per heavy atom. The maximum absolute atomic E-state index is 12.9. The van der Waals surface area contributed by atoms with E-state index in [0.29, 0.717) is 46.9 Å². The van der Waals surface area contributed by atoms with Gasteiger partial charge in [-0.15, -0.1) is 10.2 Å². The topological polar surface area (TPSA) is 117 Å². The van der Waals surface area contributed by atoms with Gasteiger partial charge in [-0.1, -0.05) is 37.2 Å². The second kappa shape index (κ2) is 15.5. The lowest BCUT2D eigenvalue weighted by Gasteiger charge is -2.14. The van der Waals surface area contributed by atoms with E-state index in [1.165, 1.54) is 11.8 Å². The van der Waals surface area contributed by atoms with E-state index in [1.54, 1.807) is 60.2 Å². The maximum atomic E-state index is 12.9. The molecule has 3 aromatic carbocycles. The monoisotopic (exact) mass is 589 g/mol. The summed E-state index contributed by atoms with van der Waals surface area (Å²) in [4.78, 5) is 25.6. The molecule has 220 valence electrons. The van der Waals surface area contributed by atoms with Crippen LogP contribution in [-0.2, 0) is 11.3 Å². The number of benzene rings is 3. The molecule has 0 unspecified atom stereocenters. The van der Waals surface area contributed by atoms with Crippen LogP contribution in [0, 0.1) is 0 Å². The van der Waals surface area contributed by atoms with E-state index in [-0.39, 0.29) is 24.1 Å². The van der Waals surface area contributed by atoms with Gasteiger partial charge in [0.15, 0.2) is 11.0 Å². The van der Waals surface area contributed by atoms with Crippen LogP contribution in [0.15, 0.2) is 78.0 Å². The van der Waals surface area contributed by atoms with Crippen molar-refractivity contribution >= 4 is 29.3 Å². The summed E-state index contributed by atoms with van der Waals surface area (Å²) in [5.74, 6) is 2.20. The normalized spacial score (nSPS) is 10.6. The number of carbonyl (C=O) groups excluding carboxylic acids is 2. The first-order chi connectivity index (χ1) is 20.5. The fourth-order valence-corrected chi connectivity index (χ4v) is 4.76. The van der Waals surface area contributed by atoms with Crippen molar-refractivity contribution in [3.63, 3.8) is 0 Å². The summed E-state index contributed by atoms with van der Waals surface area (Å²) in [7, 11) is 1.58. The van der Waals surface area contributed by atoms with Crippen LogP contribution < -0.4 is 24.8 Å². The molecule has 0 saturated carbocycles. The fraction of sp³-hybridized carbons (Fsp3) is 0.290. The number of nitrogens with zero attached hydrogens (tertiary/aromatic N) is 3. The second-order valence-corrected chi connectivity index (χ2v) is 10.1. The first-order valence-corrected chi connectivity index (χ1v) is 14.7. The van der Waals surface area contributed by atoms with Crippen LogP contribution in [0.4, 0.5) is 5.69 Å². The Bertz CT molecular complexity index is 1460. The van der Waals surface area contributed by atoms with Crippen molar-refractivity contribution in [3.8, 4) is 22.9 Å².